The molecule has 0 radical (unpaired) electrons. The molecule has 2 heterocycles. The average Bonchev–Trinajstić information content (AvgIpc) is 2.49. The Morgan fingerprint density at radius 3 is 2.90 bits per heavy atom. The number of benzene rings is 1. The molecule has 3 rings (SSSR count). The quantitative estimate of drug-likeness (QED) is 0.864. The molecule has 0 bridgehead atoms. The molecular formula is C16H18N2O3. The number of carbonyl (C=O) groups excluding carboxylic acids is 1. The van der Waals surface area contributed by atoms with Gasteiger partial charge in [-0.3, -0.25) is 9.59 Å². The fourth-order valence-electron chi connectivity index (χ4n) is 2.65. The van der Waals surface area contributed by atoms with Crippen LogP contribution in [0.5, 0.6) is 0 Å². The van der Waals surface area contributed by atoms with Gasteiger partial charge in [0.1, 0.15) is 5.58 Å². The predicted octanol–water partition coefficient (Wildman–Crippen LogP) is 1.60. The Labute approximate surface area is 122 Å². The van der Waals surface area contributed by atoms with Crippen molar-refractivity contribution in [3.8, 4) is 0 Å². The first-order valence-electron chi connectivity index (χ1n) is 7.14. The van der Waals surface area contributed by atoms with E-state index in [1.807, 2.05) is 0 Å². The van der Waals surface area contributed by atoms with Gasteiger partial charge in [0, 0.05) is 25.2 Å². The van der Waals surface area contributed by atoms with Gasteiger partial charge in [0.2, 0.25) is 0 Å². The second-order valence-electron chi connectivity index (χ2n) is 5.65. The standard InChI is InChI=1S/C16H18N2O3/c1-10-6-7-18(9-12(10)17)16(20)15-8-13(19)11-4-2-3-5-14(11)21-15/h2-5,8,10,12H,6-7,9,17H2,1H3. The summed E-state index contributed by atoms with van der Waals surface area (Å²) < 4.78 is 5.59. The van der Waals surface area contributed by atoms with Gasteiger partial charge in [-0.15, -0.1) is 0 Å². The minimum atomic E-state index is -0.264. The van der Waals surface area contributed by atoms with Crippen LogP contribution in [-0.2, 0) is 0 Å². The van der Waals surface area contributed by atoms with Crippen molar-refractivity contribution in [2.75, 3.05) is 13.1 Å². The zero-order chi connectivity index (χ0) is 15.0. The van der Waals surface area contributed by atoms with Gasteiger partial charge >= 0.3 is 0 Å². The van der Waals surface area contributed by atoms with Crippen LogP contribution in [0, 0.1) is 5.92 Å². The van der Waals surface area contributed by atoms with Crippen LogP contribution in [-0.4, -0.2) is 29.9 Å². The summed E-state index contributed by atoms with van der Waals surface area (Å²) in [5.41, 5.74) is 6.25. The molecule has 2 atom stereocenters. The van der Waals surface area contributed by atoms with E-state index in [4.69, 9.17) is 10.2 Å². The summed E-state index contributed by atoms with van der Waals surface area (Å²) in [5.74, 6) is 0.221. The molecule has 2 N–H and O–H groups in total. The Hall–Kier alpha value is -2.14. The fourth-order valence-corrected chi connectivity index (χ4v) is 2.65. The van der Waals surface area contributed by atoms with Gasteiger partial charge < -0.3 is 15.1 Å². The first-order chi connectivity index (χ1) is 10.1. The Morgan fingerprint density at radius 1 is 1.38 bits per heavy atom. The summed E-state index contributed by atoms with van der Waals surface area (Å²) >= 11 is 0. The molecule has 110 valence electrons. The number of hydrogen-bond acceptors (Lipinski definition) is 4. The number of para-hydroxylation sites is 1. The zero-order valence-electron chi connectivity index (χ0n) is 11.9. The lowest BCUT2D eigenvalue weighted by Gasteiger charge is -2.34. The molecule has 1 aromatic heterocycles. The number of amides is 1. The third-order valence-electron chi connectivity index (χ3n) is 4.15. The third kappa shape index (κ3) is 2.56. The highest BCUT2D eigenvalue weighted by molar-refractivity contribution is 5.93. The molecule has 0 aliphatic carbocycles. The number of rotatable bonds is 1. The molecule has 1 aromatic carbocycles. The van der Waals surface area contributed by atoms with Crippen molar-refractivity contribution in [2.24, 2.45) is 11.7 Å². The summed E-state index contributed by atoms with van der Waals surface area (Å²) in [6.45, 7) is 3.23. The van der Waals surface area contributed by atoms with Crippen molar-refractivity contribution >= 4 is 16.9 Å². The Kier molecular flexibility index (Phi) is 3.51. The van der Waals surface area contributed by atoms with E-state index in [1.165, 1.54) is 6.07 Å². The van der Waals surface area contributed by atoms with E-state index >= 15 is 0 Å². The summed E-state index contributed by atoms with van der Waals surface area (Å²) in [6, 6.07) is 8.17. The summed E-state index contributed by atoms with van der Waals surface area (Å²) in [7, 11) is 0. The average molecular weight is 286 g/mol. The minimum Gasteiger partial charge on any atom is -0.451 e. The van der Waals surface area contributed by atoms with Gasteiger partial charge in [-0.2, -0.15) is 0 Å². The van der Waals surface area contributed by atoms with Gasteiger partial charge in [0.05, 0.1) is 5.39 Å². The number of likely N-dealkylation sites (tertiary alicyclic amines) is 1. The van der Waals surface area contributed by atoms with Crippen LogP contribution in [0.2, 0.25) is 0 Å². The highest BCUT2D eigenvalue weighted by Crippen LogP contribution is 2.19. The number of hydrogen-bond donors (Lipinski definition) is 1. The van der Waals surface area contributed by atoms with Crippen LogP contribution in [0.3, 0.4) is 0 Å². The van der Waals surface area contributed by atoms with Crippen molar-refractivity contribution < 1.29 is 9.21 Å². The van der Waals surface area contributed by atoms with Crippen LogP contribution < -0.4 is 11.2 Å². The van der Waals surface area contributed by atoms with Crippen molar-refractivity contribution in [2.45, 2.75) is 19.4 Å². The molecule has 1 amide bonds. The normalized spacial score (nSPS) is 22.5. The van der Waals surface area contributed by atoms with Crippen molar-refractivity contribution in [3.63, 3.8) is 0 Å². The number of nitrogens with zero attached hydrogens (tertiary/aromatic N) is 1. The summed E-state index contributed by atoms with van der Waals surface area (Å²) in [6.07, 6.45) is 0.866. The van der Waals surface area contributed by atoms with Gasteiger partial charge in [-0.25, -0.2) is 0 Å². The van der Waals surface area contributed by atoms with Crippen molar-refractivity contribution in [3.05, 3.63) is 46.3 Å². The number of fused-ring (bicyclic) bond motifs is 1. The molecule has 1 aliphatic heterocycles. The second kappa shape index (κ2) is 5.33. The number of carbonyl (C=O) groups is 1. The van der Waals surface area contributed by atoms with Crippen molar-refractivity contribution in [1.29, 1.82) is 0 Å². The largest absolute Gasteiger partial charge is 0.451 e. The molecule has 1 saturated heterocycles. The molecule has 0 spiro atoms. The molecule has 5 heteroatoms. The highest BCUT2D eigenvalue weighted by atomic mass is 16.3. The van der Waals surface area contributed by atoms with Crippen LogP contribution in [0.25, 0.3) is 11.0 Å². The van der Waals surface area contributed by atoms with E-state index in [2.05, 4.69) is 6.92 Å². The first kappa shape index (κ1) is 13.8. The second-order valence-corrected chi connectivity index (χ2v) is 5.65. The van der Waals surface area contributed by atoms with E-state index in [9.17, 15) is 9.59 Å². The topological polar surface area (TPSA) is 76.5 Å². The molecule has 5 nitrogen and oxygen atoms in total. The Balaban J connectivity index is 1.93. The summed E-state index contributed by atoms with van der Waals surface area (Å²) in [5, 5.41) is 0.484. The maximum Gasteiger partial charge on any atom is 0.289 e. The zero-order valence-corrected chi connectivity index (χ0v) is 11.9. The van der Waals surface area contributed by atoms with E-state index < -0.39 is 0 Å². The first-order valence-corrected chi connectivity index (χ1v) is 7.14. The lowest BCUT2D eigenvalue weighted by atomic mass is 9.94. The van der Waals surface area contributed by atoms with E-state index in [0.29, 0.717) is 30.0 Å². The van der Waals surface area contributed by atoms with Gasteiger partial charge in [-0.05, 0) is 24.5 Å². The molecular weight excluding hydrogens is 268 g/mol. The third-order valence-corrected chi connectivity index (χ3v) is 4.15. The molecule has 2 aromatic rings. The Bertz CT molecular complexity index is 738. The molecule has 1 fully saturated rings. The van der Waals surface area contributed by atoms with E-state index in [0.717, 1.165) is 6.42 Å². The molecule has 0 saturated carbocycles. The minimum absolute atomic E-state index is 0.0325. The fraction of sp³-hybridized carbons (Fsp3) is 0.375. The van der Waals surface area contributed by atoms with Crippen LogP contribution in [0.4, 0.5) is 0 Å². The molecule has 1 aliphatic rings. The Morgan fingerprint density at radius 2 is 2.14 bits per heavy atom. The maximum absolute atomic E-state index is 12.5. The van der Waals surface area contributed by atoms with E-state index in [-0.39, 0.29) is 23.1 Å². The lowest BCUT2D eigenvalue weighted by Crippen LogP contribution is -2.49. The summed E-state index contributed by atoms with van der Waals surface area (Å²) in [4.78, 5) is 26.2. The van der Waals surface area contributed by atoms with E-state index in [1.54, 1.807) is 29.2 Å². The van der Waals surface area contributed by atoms with Gasteiger partial charge in [-0.1, -0.05) is 19.1 Å². The van der Waals surface area contributed by atoms with Crippen LogP contribution >= 0.6 is 0 Å². The predicted molar refractivity (Wildman–Crippen MR) is 80.1 cm³/mol. The van der Waals surface area contributed by atoms with Gasteiger partial charge in [0.15, 0.2) is 11.2 Å². The highest BCUT2D eigenvalue weighted by Gasteiger charge is 2.28. The maximum atomic E-state index is 12.5. The van der Waals surface area contributed by atoms with Gasteiger partial charge in [0.25, 0.3) is 5.91 Å². The van der Waals surface area contributed by atoms with Crippen LogP contribution in [0.15, 0.2) is 39.5 Å². The monoisotopic (exact) mass is 286 g/mol. The van der Waals surface area contributed by atoms with Crippen LogP contribution in [0.1, 0.15) is 23.9 Å². The number of piperidine rings is 1. The number of nitrogens with two attached hydrogens (primary N) is 1. The van der Waals surface area contributed by atoms with Crippen molar-refractivity contribution in [1.82, 2.24) is 4.90 Å². The molecule has 2 unspecified atom stereocenters. The molecule has 21 heavy (non-hydrogen) atoms. The SMILES string of the molecule is CC1CCN(C(=O)c2cc(=O)c3ccccc3o2)CC1N. The smallest absolute Gasteiger partial charge is 0.289 e. The lowest BCUT2D eigenvalue weighted by molar-refractivity contribution is 0.0641.